The van der Waals surface area contributed by atoms with Crippen molar-refractivity contribution in [2.75, 3.05) is 46.8 Å². The summed E-state index contributed by atoms with van der Waals surface area (Å²) in [5.74, 6) is -1.90. The van der Waals surface area contributed by atoms with Crippen LogP contribution in [0.1, 0.15) is 123 Å². The predicted octanol–water partition coefficient (Wildman–Crippen LogP) is 22.3. The SMILES string of the molecule is CC1(C)C(/C=C/C2=C(Cl)C(=C/C=C3\N(CCC(=O)O)c4ccc5ccccc5c4C3(C)C)CCC2)=[N+](CCC(=O)[O-])c2ccc3ccccc3c21.CI.CN1C(=CC=C2CCC(C=CC3=[N+](C)c4ccc5ccccc5c4C3(C)C)=C2N(c2ccccc2)c2ccccc2)C(C)(C)c2c1ccc1ccccc21.O=C(I)OO[O-]. The third kappa shape index (κ3) is 15.8. The Morgan fingerprint density at radius 2 is 0.982 bits per heavy atom. The number of carbonyl (C=O) groups excluding carboxylic acids is 2. The highest BCUT2D eigenvalue weighted by atomic mass is 127. The molecule has 2 aliphatic carbocycles. The number of allylic oxidation sites excluding steroid dienone is 15. The predicted molar refractivity (Wildman–Crippen MR) is 476 cm³/mol. The molecule has 16 rings (SSSR count). The Morgan fingerprint density at radius 1 is 0.522 bits per heavy atom. The first-order chi connectivity index (χ1) is 54.3. The summed E-state index contributed by atoms with van der Waals surface area (Å²) in [5, 5.41) is 43.4. The molecular weight excluding hydrogens is 1650 g/mol. The summed E-state index contributed by atoms with van der Waals surface area (Å²) in [6.45, 7) is 19.0. The number of aliphatic carboxylic acids is 2. The maximum atomic E-state index is 11.7. The second-order valence-electron chi connectivity index (χ2n) is 31.3. The van der Waals surface area contributed by atoms with Gasteiger partial charge in [-0.15, -0.1) is 0 Å². The number of para-hydroxylation sites is 2. The van der Waals surface area contributed by atoms with Crippen molar-refractivity contribution in [1.82, 2.24) is 0 Å². The summed E-state index contributed by atoms with van der Waals surface area (Å²) in [7, 11) is 4.45. The second-order valence-corrected chi connectivity index (χ2v) is 32.6. The molecule has 10 aromatic carbocycles. The first-order valence-electron chi connectivity index (χ1n) is 38.4. The molecule has 0 radical (unpaired) electrons. The molecule has 0 saturated heterocycles. The van der Waals surface area contributed by atoms with Gasteiger partial charge in [0, 0.05) is 111 Å². The lowest BCUT2D eigenvalue weighted by Crippen LogP contribution is -2.30. The Hall–Kier alpha value is -10.0. The fourth-order valence-corrected chi connectivity index (χ4v) is 18.6. The molecule has 0 atom stereocenters. The van der Waals surface area contributed by atoms with Crippen LogP contribution in [0.2, 0.25) is 0 Å². The molecular formula is C97H94ClI2N5O8. The molecule has 0 fully saturated rings. The van der Waals surface area contributed by atoms with Gasteiger partial charge in [-0.1, -0.05) is 232 Å². The summed E-state index contributed by atoms with van der Waals surface area (Å²) in [5.41, 5.74) is 21.9. The van der Waals surface area contributed by atoms with Crippen molar-refractivity contribution in [2.45, 2.75) is 122 Å². The quantitative estimate of drug-likeness (QED) is 0.0246. The van der Waals surface area contributed by atoms with E-state index in [2.05, 4.69) is 363 Å². The number of carboxylic acids is 2. The van der Waals surface area contributed by atoms with E-state index in [0.717, 1.165) is 98.6 Å². The second kappa shape index (κ2) is 34.0. The first-order valence-corrected chi connectivity index (χ1v) is 42.0. The van der Waals surface area contributed by atoms with Gasteiger partial charge in [-0.2, -0.15) is 9.15 Å². The number of likely N-dealkylation sites (N-methyl/N-ethyl adjacent to an activating group) is 1. The van der Waals surface area contributed by atoms with Gasteiger partial charge in [-0.25, -0.2) is 9.83 Å². The lowest BCUT2D eigenvalue weighted by Gasteiger charge is -2.29. The summed E-state index contributed by atoms with van der Waals surface area (Å²) in [6.07, 6.45) is 22.6. The zero-order valence-corrected chi connectivity index (χ0v) is 70.9. The number of hydrogen-bond acceptors (Lipinski definition) is 10. The third-order valence-corrected chi connectivity index (χ3v) is 23.9. The molecule has 0 unspecified atom stereocenters. The number of alkyl halides is 1. The molecule has 13 nitrogen and oxygen atoms in total. The van der Waals surface area contributed by atoms with E-state index in [1.807, 2.05) is 23.1 Å². The number of benzene rings is 10. The highest BCUT2D eigenvalue weighted by Gasteiger charge is 2.48. The Labute approximate surface area is 695 Å². The molecule has 4 heterocycles. The van der Waals surface area contributed by atoms with E-state index in [9.17, 15) is 24.6 Å². The van der Waals surface area contributed by atoms with Gasteiger partial charge in [0.05, 0.1) is 45.5 Å². The Bertz CT molecular complexity index is 5720. The minimum atomic E-state index is -1.07. The number of anilines is 4. The van der Waals surface area contributed by atoms with Crippen LogP contribution in [0.15, 0.2) is 299 Å². The highest BCUT2D eigenvalue weighted by molar-refractivity contribution is 14.1. The molecule has 0 bridgehead atoms. The van der Waals surface area contributed by atoms with E-state index < -0.39 is 15.9 Å². The van der Waals surface area contributed by atoms with Crippen molar-refractivity contribution in [2.24, 2.45) is 0 Å². The maximum absolute atomic E-state index is 11.7. The van der Waals surface area contributed by atoms with Crippen molar-refractivity contribution >= 4 is 161 Å². The third-order valence-electron chi connectivity index (χ3n) is 23.2. The lowest BCUT2D eigenvalue weighted by molar-refractivity contribution is -0.784. The smallest absolute Gasteiger partial charge is 0.399 e. The van der Waals surface area contributed by atoms with Crippen molar-refractivity contribution in [3.63, 3.8) is 0 Å². The number of carbonyl (C=O) groups is 3. The molecule has 0 saturated carbocycles. The average molecular weight is 1750 g/mol. The first kappa shape index (κ1) is 81.0. The van der Waals surface area contributed by atoms with Gasteiger partial charge in [0.15, 0.2) is 18.0 Å². The van der Waals surface area contributed by atoms with Crippen LogP contribution < -0.4 is 25.1 Å². The van der Waals surface area contributed by atoms with Crippen LogP contribution >= 0.6 is 56.8 Å². The molecule has 113 heavy (non-hydrogen) atoms. The number of fused-ring (bicyclic) bond motifs is 12. The van der Waals surface area contributed by atoms with Gasteiger partial charge in [0.25, 0.3) is 0 Å². The minimum absolute atomic E-state index is 0.0285. The van der Waals surface area contributed by atoms with Gasteiger partial charge in [0.2, 0.25) is 11.4 Å². The molecule has 0 spiro atoms. The Morgan fingerprint density at radius 3 is 1.52 bits per heavy atom. The molecule has 0 aromatic heterocycles. The van der Waals surface area contributed by atoms with Crippen molar-refractivity contribution in [3.05, 3.63) is 322 Å². The molecule has 16 heteroatoms. The average Bonchev–Trinajstić information content (AvgIpc) is 1.59. The topological polar surface area (TPSA) is 152 Å². The van der Waals surface area contributed by atoms with E-state index in [0.29, 0.717) is 13.1 Å². The van der Waals surface area contributed by atoms with Crippen LogP contribution in [0.5, 0.6) is 0 Å². The fourth-order valence-electron chi connectivity index (χ4n) is 18.2. The fraction of sp³-hybridized carbons (Fsp3) is 0.247. The van der Waals surface area contributed by atoms with Crippen molar-refractivity contribution in [1.29, 1.82) is 0 Å². The monoisotopic (exact) mass is 1750 g/mol. The number of rotatable bonds is 16. The van der Waals surface area contributed by atoms with E-state index >= 15 is 0 Å². The van der Waals surface area contributed by atoms with E-state index in [1.165, 1.54) is 111 Å². The van der Waals surface area contributed by atoms with Gasteiger partial charge in [-0.05, 0) is 202 Å². The molecule has 10 aromatic rings. The van der Waals surface area contributed by atoms with Crippen molar-refractivity contribution < 1.29 is 48.9 Å². The van der Waals surface area contributed by atoms with Crippen molar-refractivity contribution in [3.8, 4) is 0 Å². The van der Waals surface area contributed by atoms with Gasteiger partial charge >= 0.3 is 9.95 Å². The minimum Gasteiger partial charge on any atom is -0.681 e. The molecule has 4 aliphatic heterocycles. The summed E-state index contributed by atoms with van der Waals surface area (Å²) in [6, 6.07) is 73.6. The largest absolute Gasteiger partial charge is 0.681 e. The lowest BCUT2D eigenvalue weighted by atomic mass is 9.78. The van der Waals surface area contributed by atoms with E-state index in [1.54, 1.807) is 0 Å². The maximum Gasteiger partial charge on any atom is 0.399 e. The van der Waals surface area contributed by atoms with Gasteiger partial charge in [-0.3, -0.25) is 9.68 Å². The van der Waals surface area contributed by atoms with Crippen LogP contribution in [-0.2, 0) is 41.2 Å². The number of carboxylic acid groups (broad SMARTS) is 2. The standard InChI is InChI=1S/C51H48N3.C44H43ClN2O4.CHIO4.CH3I/c1-50(2)45(52(5)43-31-27-35-17-13-15-23-41(35)47(43)50)33-29-37-25-26-38(49(37)54(39-19-9-7-10-20-39)40-21-11-8-12-22-40)30-34-46-51(3,4)48-42-24-16-14-18-36(42)28-32-44(48)53(46)6;1-43(2)36(46(26-24-38(48)49)34-20-16-28-10-5-7-14-32(28)40(34)43)22-18-30-12-9-13-31(42(30)45)19-23-37-44(3,4)41-33-15-8-6-11-29(33)17-21-35(41)47(37)27-25-39(50)51;2-1(3)5-6-4;1-2/h7-24,27-34H,25-26H2,1-6H3;5-8,10-11,14-23H,9,12-13,24-27H2,1-4H3,(H-,48,49,50,51);4H;1H3/q+1;;;/p-1. The van der Waals surface area contributed by atoms with Gasteiger partial charge < -0.3 is 35.0 Å². The Kier molecular flexibility index (Phi) is 24.3. The molecule has 0 amide bonds. The Balaban J connectivity index is 0.000000181. The summed E-state index contributed by atoms with van der Waals surface area (Å²) >= 11 is 10.6. The molecule has 6 aliphatic rings. The molecule has 576 valence electrons. The highest BCUT2D eigenvalue weighted by Crippen LogP contribution is 2.54. The number of halogens is 3. The van der Waals surface area contributed by atoms with Crippen LogP contribution in [0, 0.1) is 0 Å². The zero-order valence-electron chi connectivity index (χ0n) is 65.8. The van der Waals surface area contributed by atoms with E-state index in [-0.39, 0.29) is 34.5 Å². The van der Waals surface area contributed by atoms with E-state index in [4.69, 9.17) is 16.9 Å². The summed E-state index contributed by atoms with van der Waals surface area (Å²) in [4.78, 5) is 45.1. The van der Waals surface area contributed by atoms with Crippen LogP contribution in [0.4, 0.5) is 38.9 Å². The number of nitrogens with zero attached hydrogens (tertiary/aromatic N) is 5. The van der Waals surface area contributed by atoms with Crippen LogP contribution in [-0.4, -0.2) is 73.7 Å². The van der Waals surface area contributed by atoms with Crippen LogP contribution in [0.3, 0.4) is 0 Å². The summed E-state index contributed by atoms with van der Waals surface area (Å²) < 4.78 is 3.75. The zero-order chi connectivity index (χ0) is 80.3. The molecule has 1 N–H and O–H groups in total. The van der Waals surface area contributed by atoms with Gasteiger partial charge in [0.1, 0.15) is 7.05 Å². The normalized spacial score (nSPS) is 18.3. The van der Waals surface area contributed by atoms with Crippen LogP contribution in [0.25, 0.3) is 43.1 Å². The number of hydrogen-bond donors (Lipinski definition) is 1.